The van der Waals surface area contributed by atoms with Crippen LogP contribution in [0.3, 0.4) is 0 Å². The molecular formula is C17H14N4O. The van der Waals surface area contributed by atoms with Crippen molar-refractivity contribution in [2.45, 2.75) is 6.42 Å². The minimum absolute atomic E-state index is 0.0419. The lowest BCUT2D eigenvalue weighted by atomic mass is 10.1. The van der Waals surface area contributed by atoms with Gasteiger partial charge < -0.3 is 4.90 Å². The quantitative estimate of drug-likeness (QED) is 0.728. The van der Waals surface area contributed by atoms with Gasteiger partial charge in [-0.15, -0.1) is 10.2 Å². The van der Waals surface area contributed by atoms with E-state index in [-0.39, 0.29) is 5.91 Å². The van der Waals surface area contributed by atoms with Gasteiger partial charge in [0.2, 0.25) is 0 Å². The van der Waals surface area contributed by atoms with Gasteiger partial charge in [0, 0.05) is 23.5 Å². The Labute approximate surface area is 127 Å². The third-order valence-corrected chi connectivity index (χ3v) is 3.96. The van der Waals surface area contributed by atoms with Crippen molar-refractivity contribution in [2.24, 2.45) is 0 Å². The van der Waals surface area contributed by atoms with Crippen LogP contribution in [0.4, 0.5) is 5.69 Å². The van der Waals surface area contributed by atoms with E-state index in [1.807, 2.05) is 47.4 Å². The Morgan fingerprint density at radius 1 is 0.955 bits per heavy atom. The largest absolute Gasteiger partial charge is 0.308 e. The van der Waals surface area contributed by atoms with Crippen LogP contribution in [0.5, 0.6) is 0 Å². The topological polar surface area (TPSA) is 51.0 Å². The van der Waals surface area contributed by atoms with Crippen LogP contribution in [-0.2, 0) is 6.42 Å². The second kappa shape index (κ2) is 5.11. The molecule has 22 heavy (non-hydrogen) atoms. The van der Waals surface area contributed by atoms with Gasteiger partial charge in [-0.1, -0.05) is 18.2 Å². The fraction of sp³-hybridized carbons (Fsp3) is 0.118. The molecule has 0 bridgehead atoms. The molecule has 5 heteroatoms. The summed E-state index contributed by atoms with van der Waals surface area (Å²) in [6.45, 7) is 0.741. The molecule has 0 unspecified atom stereocenters. The van der Waals surface area contributed by atoms with Crippen molar-refractivity contribution < 1.29 is 4.79 Å². The first-order valence-corrected chi connectivity index (χ1v) is 7.18. The predicted molar refractivity (Wildman–Crippen MR) is 83.2 cm³/mol. The summed E-state index contributed by atoms with van der Waals surface area (Å²) in [7, 11) is 0. The Kier molecular flexibility index (Phi) is 2.96. The standard InChI is InChI=1S/C17H14N4O/c22-17(21-10-9-13-3-1-2-4-16(13)21)14-5-7-15(8-6-14)20-11-18-19-12-20/h1-8,11-12H,9-10H2. The van der Waals surface area contributed by atoms with Crippen LogP contribution in [0.2, 0.25) is 0 Å². The summed E-state index contributed by atoms with van der Waals surface area (Å²) >= 11 is 0. The van der Waals surface area contributed by atoms with Gasteiger partial charge in [-0.05, 0) is 42.3 Å². The van der Waals surface area contributed by atoms with E-state index in [1.54, 1.807) is 17.2 Å². The van der Waals surface area contributed by atoms with Crippen molar-refractivity contribution in [3.05, 3.63) is 72.3 Å². The van der Waals surface area contributed by atoms with Crippen molar-refractivity contribution in [3.8, 4) is 5.69 Å². The molecule has 0 spiro atoms. The molecule has 5 nitrogen and oxygen atoms in total. The lowest BCUT2D eigenvalue weighted by molar-refractivity contribution is 0.0989. The zero-order chi connectivity index (χ0) is 14.9. The van der Waals surface area contributed by atoms with E-state index < -0.39 is 0 Å². The minimum atomic E-state index is 0.0419. The van der Waals surface area contributed by atoms with Gasteiger partial charge in [0.15, 0.2) is 0 Å². The minimum Gasteiger partial charge on any atom is -0.308 e. The zero-order valence-corrected chi connectivity index (χ0v) is 11.9. The van der Waals surface area contributed by atoms with Gasteiger partial charge in [-0.25, -0.2) is 0 Å². The number of benzene rings is 2. The van der Waals surface area contributed by atoms with E-state index in [0.29, 0.717) is 5.56 Å². The highest BCUT2D eigenvalue weighted by Crippen LogP contribution is 2.28. The lowest BCUT2D eigenvalue weighted by Gasteiger charge is -2.17. The molecule has 1 amide bonds. The molecular weight excluding hydrogens is 276 g/mol. The summed E-state index contributed by atoms with van der Waals surface area (Å²) in [6, 6.07) is 15.6. The number of nitrogens with zero attached hydrogens (tertiary/aromatic N) is 4. The number of anilines is 1. The SMILES string of the molecule is O=C(c1ccc(-n2cnnc2)cc1)N1CCc2ccccc21. The first kappa shape index (κ1) is 12.8. The average Bonchev–Trinajstić information content (AvgIpc) is 3.24. The van der Waals surface area contributed by atoms with Gasteiger partial charge >= 0.3 is 0 Å². The maximum absolute atomic E-state index is 12.7. The summed E-state index contributed by atoms with van der Waals surface area (Å²) in [5.74, 6) is 0.0419. The molecule has 3 aromatic rings. The number of carbonyl (C=O) groups excluding carboxylic acids is 1. The number of hydrogen-bond acceptors (Lipinski definition) is 3. The summed E-state index contributed by atoms with van der Waals surface area (Å²) < 4.78 is 1.80. The summed E-state index contributed by atoms with van der Waals surface area (Å²) in [5.41, 5.74) is 3.88. The van der Waals surface area contributed by atoms with Crippen molar-refractivity contribution in [1.82, 2.24) is 14.8 Å². The highest BCUT2D eigenvalue weighted by molar-refractivity contribution is 6.07. The van der Waals surface area contributed by atoms with Crippen LogP contribution >= 0.6 is 0 Å². The Hall–Kier alpha value is -2.95. The van der Waals surface area contributed by atoms with Gasteiger partial charge in [-0.3, -0.25) is 9.36 Å². The first-order chi connectivity index (χ1) is 10.8. The second-order valence-corrected chi connectivity index (χ2v) is 5.25. The molecule has 0 radical (unpaired) electrons. The van der Waals surface area contributed by atoms with Crippen LogP contribution in [0, 0.1) is 0 Å². The first-order valence-electron chi connectivity index (χ1n) is 7.18. The van der Waals surface area contributed by atoms with E-state index in [0.717, 1.165) is 24.3 Å². The van der Waals surface area contributed by atoms with E-state index in [4.69, 9.17) is 0 Å². The second-order valence-electron chi connectivity index (χ2n) is 5.25. The molecule has 1 aliphatic heterocycles. The monoisotopic (exact) mass is 290 g/mol. The third kappa shape index (κ3) is 2.07. The Balaban J connectivity index is 1.61. The Morgan fingerprint density at radius 2 is 1.68 bits per heavy atom. The van der Waals surface area contributed by atoms with E-state index in [1.165, 1.54) is 5.56 Å². The smallest absolute Gasteiger partial charge is 0.258 e. The third-order valence-electron chi connectivity index (χ3n) is 3.96. The van der Waals surface area contributed by atoms with Crippen molar-refractivity contribution in [1.29, 1.82) is 0 Å². The zero-order valence-electron chi connectivity index (χ0n) is 11.9. The van der Waals surface area contributed by atoms with Crippen molar-refractivity contribution in [2.75, 3.05) is 11.4 Å². The van der Waals surface area contributed by atoms with Crippen LogP contribution in [0.25, 0.3) is 5.69 Å². The molecule has 2 heterocycles. The number of carbonyl (C=O) groups is 1. The molecule has 0 saturated carbocycles. The normalized spacial score (nSPS) is 13.2. The molecule has 2 aromatic carbocycles. The molecule has 1 aromatic heterocycles. The van der Waals surface area contributed by atoms with Gasteiger partial charge in [0.1, 0.15) is 12.7 Å². The van der Waals surface area contributed by atoms with Gasteiger partial charge in [0.25, 0.3) is 5.91 Å². The molecule has 4 rings (SSSR count). The van der Waals surface area contributed by atoms with E-state index in [2.05, 4.69) is 16.3 Å². The number of para-hydroxylation sites is 1. The molecule has 108 valence electrons. The molecule has 0 saturated heterocycles. The van der Waals surface area contributed by atoms with Crippen LogP contribution in [-0.4, -0.2) is 27.2 Å². The number of amides is 1. The molecule has 0 fully saturated rings. The molecule has 0 N–H and O–H groups in total. The molecule has 0 atom stereocenters. The number of hydrogen-bond donors (Lipinski definition) is 0. The summed E-state index contributed by atoms with van der Waals surface area (Å²) in [6.07, 6.45) is 4.18. The molecule has 0 aliphatic carbocycles. The average molecular weight is 290 g/mol. The lowest BCUT2D eigenvalue weighted by Crippen LogP contribution is -2.28. The fourth-order valence-electron chi connectivity index (χ4n) is 2.82. The maximum Gasteiger partial charge on any atom is 0.258 e. The van der Waals surface area contributed by atoms with E-state index >= 15 is 0 Å². The summed E-state index contributed by atoms with van der Waals surface area (Å²) in [5, 5.41) is 7.56. The summed E-state index contributed by atoms with van der Waals surface area (Å²) in [4.78, 5) is 14.6. The van der Waals surface area contributed by atoms with Gasteiger partial charge in [-0.2, -0.15) is 0 Å². The number of aromatic nitrogens is 3. The predicted octanol–water partition coefficient (Wildman–Crippen LogP) is 2.47. The highest BCUT2D eigenvalue weighted by atomic mass is 16.2. The number of rotatable bonds is 2. The van der Waals surface area contributed by atoms with E-state index in [9.17, 15) is 4.79 Å². The number of fused-ring (bicyclic) bond motifs is 1. The van der Waals surface area contributed by atoms with Crippen molar-refractivity contribution in [3.63, 3.8) is 0 Å². The fourth-order valence-corrected chi connectivity index (χ4v) is 2.82. The van der Waals surface area contributed by atoms with Crippen LogP contribution in [0.15, 0.2) is 61.2 Å². The molecule has 1 aliphatic rings. The van der Waals surface area contributed by atoms with Crippen molar-refractivity contribution >= 4 is 11.6 Å². The maximum atomic E-state index is 12.7. The van der Waals surface area contributed by atoms with Gasteiger partial charge in [0.05, 0.1) is 0 Å². The Morgan fingerprint density at radius 3 is 2.45 bits per heavy atom. The van der Waals surface area contributed by atoms with Crippen LogP contribution < -0.4 is 4.90 Å². The Bertz CT molecular complexity index is 809. The highest BCUT2D eigenvalue weighted by Gasteiger charge is 2.24. The van der Waals surface area contributed by atoms with Crippen LogP contribution in [0.1, 0.15) is 15.9 Å².